The normalized spacial score (nSPS) is 15.2. The van der Waals surface area contributed by atoms with Gasteiger partial charge in [-0.3, -0.25) is 4.98 Å². The van der Waals surface area contributed by atoms with Crippen molar-refractivity contribution in [3.05, 3.63) is 82.4 Å². The minimum absolute atomic E-state index is 0. The van der Waals surface area contributed by atoms with Crippen molar-refractivity contribution in [2.45, 2.75) is 25.8 Å². The molecule has 2 aromatic carbocycles. The fourth-order valence-electron chi connectivity index (χ4n) is 4.13. The number of benzene rings is 2. The third kappa shape index (κ3) is 5.40. The monoisotopic (exact) mass is 489 g/mol. The molecule has 4 rings (SSSR count). The summed E-state index contributed by atoms with van der Waals surface area (Å²) in [5.74, 6) is 0.131. The van der Waals surface area contributed by atoms with Crippen molar-refractivity contribution in [1.29, 1.82) is 0 Å². The number of hydrogen-bond acceptors (Lipinski definition) is 3. The van der Waals surface area contributed by atoms with Gasteiger partial charge in [0.05, 0.1) is 18.7 Å². The molecule has 0 spiro atoms. The number of nitrogens with zero attached hydrogens (tertiary/aromatic N) is 2. The summed E-state index contributed by atoms with van der Waals surface area (Å²) in [4.78, 5) is 18.2. The van der Waals surface area contributed by atoms with Crippen LogP contribution in [0.3, 0.4) is 0 Å². The second-order valence-corrected chi connectivity index (χ2v) is 8.23. The molecule has 1 atom stereocenters. The van der Waals surface area contributed by atoms with Crippen LogP contribution in [0.1, 0.15) is 23.7 Å². The highest BCUT2D eigenvalue weighted by molar-refractivity contribution is 6.30. The van der Waals surface area contributed by atoms with Crippen LogP contribution in [0.2, 0.25) is 5.02 Å². The molecule has 5 nitrogen and oxygen atoms in total. The number of halogens is 3. The molecule has 33 heavy (non-hydrogen) atoms. The van der Waals surface area contributed by atoms with Gasteiger partial charge < -0.3 is 15.0 Å². The Bertz CT molecular complexity index is 1130. The lowest BCUT2D eigenvalue weighted by Crippen LogP contribution is -2.35. The minimum Gasteiger partial charge on any atom is -0.496 e. The van der Waals surface area contributed by atoms with E-state index in [1.54, 1.807) is 36.5 Å². The van der Waals surface area contributed by atoms with Gasteiger partial charge in [-0.1, -0.05) is 35.9 Å². The quantitative estimate of drug-likeness (QED) is 0.475. The van der Waals surface area contributed by atoms with Crippen LogP contribution in [0, 0.1) is 5.82 Å². The maximum absolute atomic E-state index is 15.5. The molecule has 3 aromatic rings. The SMILES string of the molecule is CCN1C(=O)NCC1Cc1ccc(Cc2ccc(OC)c(-c3cccc(Cl)c3)c2F)cn1.Cl. The second kappa shape index (κ2) is 10.9. The molecule has 1 unspecified atom stereocenters. The summed E-state index contributed by atoms with van der Waals surface area (Å²) in [5, 5.41) is 3.41. The van der Waals surface area contributed by atoms with Gasteiger partial charge in [-0.15, -0.1) is 12.4 Å². The van der Waals surface area contributed by atoms with E-state index in [0.29, 0.717) is 53.4 Å². The number of pyridine rings is 1. The Morgan fingerprint density at radius 2 is 2.06 bits per heavy atom. The van der Waals surface area contributed by atoms with E-state index in [1.165, 1.54) is 7.11 Å². The molecule has 1 aliphatic rings. The Balaban J connectivity index is 0.00000306. The number of nitrogens with one attached hydrogen (secondary N) is 1. The van der Waals surface area contributed by atoms with E-state index in [1.807, 2.05) is 30.0 Å². The molecule has 8 heteroatoms. The lowest BCUT2D eigenvalue weighted by atomic mass is 9.97. The molecule has 1 aromatic heterocycles. The van der Waals surface area contributed by atoms with E-state index >= 15 is 4.39 Å². The number of carbonyl (C=O) groups is 1. The molecule has 0 aliphatic carbocycles. The van der Waals surface area contributed by atoms with Gasteiger partial charge in [-0.25, -0.2) is 9.18 Å². The minimum atomic E-state index is -0.329. The van der Waals surface area contributed by atoms with Gasteiger partial charge in [0.1, 0.15) is 11.6 Å². The lowest BCUT2D eigenvalue weighted by molar-refractivity contribution is 0.206. The number of ether oxygens (including phenoxy) is 1. The number of carbonyl (C=O) groups excluding carboxylic acids is 1. The van der Waals surface area contributed by atoms with Crippen molar-refractivity contribution in [2.24, 2.45) is 0 Å². The number of aromatic nitrogens is 1. The highest BCUT2D eigenvalue weighted by atomic mass is 35.5. The van der Waals surface area contributed by atoms with Crippen LogP contribution in [0.5, 0.6) is 5.75 Å². The van der Waals surface area contributed by atoms with Crippen LogP contribution in [0.25, 0.3) is 11.1 Å². The maximum Gasteiger partial charge on any atom is 0.317 e. The fourth-order valence-corrected chi connectivity index (χ4v) is 4.32. The van der Waals surface area contributed by atoms with Gasteiger partial charge in [-0.2, -0.15) is 0 Å². The molecule has 2 amide bonds. The zero-order valence-corrected chi connectivity index (χ0v) is 20.0. The molecule has 1 fully saturated rings. The molecule has 1 saturated heterocycles. The predicted octanol–water partition coefficient (Wildman–Crippen LogP) is 5.52. The average Bonchev–Trinajstić information content (AvgIpc) is 3.15. The van der Waals surface area contributed by atoms with Crippen LogP contribution in [0.15, 0.2) is 54.7 Å². The second-order valence-electron chi connectivity index (χ2n) is 7.79. The van der Waals surface area contributed by atoms with E-state index in [9.17, 15) is 4.79 Å². The summed E-state index contributed by atoms with van der Waals surface area (Å²) in [5.41, 5.74) is 3.43. The Labute approximate surface area is 204 Å². The lowest BCUT2D eigenvalue weighted by Gasteiger charge is -2.20. The van der Waals surface area contributed by atoms with Crippen LogP contribution in [-0.2, 0) is 12.8 Å². The molecular weight excluding hydrogens is 464 g/mol. The first kappa shape index (κ1) is 24.8. The maximum atomic E-state index is 15.5. The smallest absolute Gasteiger partial charge is 0.317 e. The average molecular weight is 490 g/mol. The summed E-state index contributed by atoms with van der Waals surface area (Å²) in [6.07, 6.45) is 2.86. The first-order chi connectivity index (χ1) is 15.5. The predicted molar refractivity (Wildman–Crippen MR) is 131 cm³/mol. The van der Waals surface area contributed by atoms with Crippen LogP contribution in [0.4, 0.5) is 9.18 Å². The molecule has 1 N–H and O–H groups in total. The summed E-state index contributed by atoms with van der Waals surface area (Å²) in [6.45, 7) is 3.26. The van der Waals surface area contributed by atoms with Crippen molar-refractivity contribution >= 4 is 30.0 Å². The Morgan fingerprint density at radius 3 is 2.73 bits per heavy atom. The zero-order chi connectivity index (χ0) is 22.7. The van der Waals surface area contributed by atoms with Gasteiger partial charge >= 0.3 is 6.03 Å². The van der Waals surface area contributed by atoms with E-state index in [2.05, 4.69) is 10.3 Å². The van der Waals surface area contributed by atoms with Crippen LogP contribution >= 0.6 is 24.0 Å². The molecule has 0 bridgehead atoms. The summed E-state index contributed by atoms with van der Waals surface area (Å²) in [7, 11) is 1.53. The van der Waals surface area contributed by atoms with E-state index in [4.69, 9.17) is 16.3 Å². The number of amides is 2. The Kier molecular flexibility index (Phi) is 8.16. The molecule has 174 valence electrons. The summed E-state index contributed by atoms with van der Waals surface area (Å²) >= 11 is 6.12. The van der Waals surface area contributed by atoms with E-state index in [-0.39, 0.29) is 30.3 Å². The number of hydrogen-bond donors (Lipinski definition) is 1. The highest BCUT2D eigenvalue weighted by Crippen LogP contribution is 2.36. The first-order valence-electron chi connectivity index (χ1n) is 10.6. The highest BCUT2D eigenvalue weighted by Gasteiger charge is 2.29. The van der Waals surface area contributed by atoms with Gasteiger partial charge in [0.25, 0.3) is 0 Å². The van der Waals surface area contributed by atoms with E-state index < -0.39 is 0 Å². The first-order valence-corrected chi connectivity index (χ1v) is 11.0. The van der Waals surface area contributed by atoms with Gasteiger partial charge in [0, 0.05) is 42.8 Å². The van der Waals surface area contributed by atoms with Crippen LogP contribution < -0.4 is 10.1 Å². The van der Waals surface area contributed by atoms with E-state index in [0.717, 1.165) is 11.3 Å². The molecule has 2 heterocycles. The van der Waals surface area contributed by atoms with Crippen molar-refractivity contribution in [3.8, 4) is 16.9 Å². The third-order valence-electron chi connectivity index (χ3n) is 5.77. The van der Waals surface area contributed by atoms with Gasteiger partial charge in [0.2, 0.25) is 0 Å². The zero-order valence-electron chi connectivity index (χ0n) is 18.5. The Morgan fingerprint density at radius 1 is 1.24 bits per heavy atom. The van der Waals surface area contributed by atoms with Gasteiger partial charge in [0.15, 0.2) is 0 Å². The van der Waals surface area contributed by atoms with Crippen LogP contribution in [-0.4, -0.2) is 42.2 Å². The summed E-state index contributed by atoms with van der Waals surface area (Å²) < 4.78 is 20.9. The van der Waals surface area contributed by atoms with Gasteiger partial charge in [-0.05, 0) is 47.9 Å². The molecule has 0 saturated carbocycles. The number of urea groups is 1. The number of likely N-dealkylation sites (N-methyl/N-ethyl adjacent to an activating group) is 1. The van der Waals surface area contributed by atoms with Crippen molar-refractivity contribution < 1.29 is 13.9 Å². The third-order valence-corrected chi connectivity index (χ3v) is 6.01. The summed E-state index contributed by atoms with van der Waals surface area (Å²) in [6, 6.07) is 14.6. The Hall–Kier alpha value is -2.83. The standard InChI is InChI=1S/C25H25ClFN3O2.ClH/c1-3-30-21(15-29-25(30)31)13-20-9-7-16(14-28-20)11-18-8-10-22(32-2)23(24(18)27)17-5-4-6-19(26)12-17;/h4-10,12,14,21H,3,11,13,15H2,1-2H3,(H,29,31);1H. The van der Waals surface area contributed by atoms with Crippen molar-refractivity contribution in [2.75, 3.05) is 20.2 Å². The number of rotatable bonds is 7. The number of methoxy groups -OCH3 is 1. The topological polar surface area (TPSA) is 54.5 Å². The fraction of sp³-hybridized carbons (Fsp3) is 0.280. The molecule has 1 aliphatic heterocycles. The van der Waals surface area contributed by atoms with Crippen molar-refractivity contribution in [1.82, 2.24) is 15.2 Å². The largest absolute Gasteiger partial charge is 0.496 e. The molecular formula is C25H26Cl2FN3O2. The molecule has 0 radical (unpaired) electrons. The van der Waals surface area contributed by atoms with Crippen molar-refractivity contribution in [3.63, 3.8) is 0 Å².